The molecule has 16 nitrogen and oxygen atoms in total. The van der Waals surface area contributed by atoms with Crippen LogP contribution in [0.25, 0.3) is 22.2 Å². The summed E-state index contributed by atoms with van der Waals surface area (Å²) in [6, 6.07) is 16.4. The van der Waals surface area contributed by atoms with E-state index in [1.807, 2.05) is 0 Å². The van der Waals surface area contributed by atoms with Gasteiger partial charge in [-0.2, -0.15) is 28.6 Å². The number of nitrogens with zero attached hydrogens (tertiary/aromatic N) is 7. The largest absolute Gasteiger partial charge is 0.505 e. The van der Waals surface area contributed by atoms with E-state index in [4.69, 9.17) is 5.26 Å². The normalized spacial score (nSPS) is 12.0. The van der Waals surface area contributed by atoms with Gasteiger partial charge in [0.25, 0.3) is 10.1 Å². The van der Waals surface area contributed by atoms with Gasteiger partial charge in [-0.25, -0.2) is 5.26 Å². The summed E-state index contributed by atoms with van der Waals surface area (Å²) in [5.74, 6) is -0.448. The molecule has 5 aromatic rings. The van der Waals surface area contributed by atoms with Gasteiger partial charge in [-0.15, -0.1) is 19.5 Å². The number of fused-ring (bicyclic) bond motifs is 1. The number of aromatic hydroxyl groups is 3. The Balaban J connectivity index is 1.50. The highest BCUT2D eigenvalue weighted by Crippen LogP contribution is 2.42. The average Bonchev–Trinajstić information content (AvgIpc) is 2.98. The molecule has 5 N–H and O–H groups in total. The zero-order valence-corrected chi connectivity index (χ0v) is 22.9. The van der Waals surface area contributed by atoms with Crippen LogP contribution in [0, 0.1) is 0 Å². The Morgan fingerprint density at radius 2 is 1.35 bits per heavy atom. The number of phenolic OH excluding ortho intramolecular Hbond substituents is 1. The standard InChI is InChI=1S/C25H17N7O9S2/c33-22-17-4-2-1-3-16(17)18(23-26-24(34)28-25(35)27-23)12-20(22)32-31-19-10-7-14(11-21(19)43(37,38)39)30-29-13-5-8-15(9-6-13)42-41-40-36/h1-12,33,36H,(H,37,38,39)(H2,26,27,28,34,35)/b30-29+,32-31+. The van der Waals surface area contributed by atoms with Gasteiger partial charge in [-0.05, 0) is 53.9 Å². The van der Waals surface area contributed by atoms with E-state index in [-0.39, 0.29) is 34.2 Å². The highest BCUT2D eigenvalue weighted by atomic mass is 32.2. The van der Waals surface area contributed by atoms with Crippen molar-refractivity contribution in [2.24, 2.45) is 20.5 Å². The molecular weight excluding hydrogens is 606 g/mol. The molecule has 0 aliphatic rings. The molecule has 0 unspecified atom stereocenters. The molecule has 1 heterocycles. The molecule has 0 atom stereocenters. The first kappa shape index (κ1) is 29.4. The van der Waals surface area contributed by atoms with E-state index in [0.717, 1.165) is 18.1 Å². The van der Waals surface area contributed by atoms with E-state index < -0.39 is 27.0 Å². The minimum absolute atomic E-state index is 0.0623. The first-order valence-electron chi connectivity index (χ1n) is 11.7. The number of hydrogen-bond donors (Lipinski definition) is 5. The Hall–Kier alpha value is -5.11. The van der Waals surface area contributed by atoms with Crippen molar-refractivity contribution in [3.05, 3.63) is 72.8 Å². The lowest BCUT2D eigenvalue weighted by Gasteiger charge is -2.10. The van der Waals surface area contributed by atoms with E-state index >= 15 is 0 Å². The monoisotopic (exact) mass is 623 g/mol. The van der Waals surface area contributed by atoms with Gasteiger partial charge in [0.15, 0.2) is 11.6 Å². The number of aromatic nitrogens is 3. The quantitative estimate of drug-likeness (QED) is 0.0397. The third-order valence-corrected chi connectivity index (χ3v) is 7.09. The molecule has 18 heteroatoms. The number of benzene rings is 4. The summed E-state index contributed by atoms with van der Waals surface area (Å²) in [7, 11) is -4.81. The molecule has 43 heavy (non-hydrogen) atoms. The molecule has 0 saturated carbocycles. The maximum atomic E-state index is 12.2. The molecule has 0 spiro atoms. The van der Waals surface area contributed by atoms with E-state index in [1.54, 1.807) is 48.5 Å². The van der Waals surface area contributed by atoms with Gasteiger partial charge < -0.3 is 15.3 Å². The minimum Gasteiger partial charge on any atom is -0.505 e. The summed E-state index contributed by atoms with van der Waals surface area (Å²) in [6.45, 7) is 0. The van der Waals surface area contributed by atoms with Gasteiger partial charge in [0.2, 0.25) is 0 Å². The maximum absolute atomic E-state index is 12.2. The van der Waals surface area contributed by atoms with E-state index in [2.05, 4.69) is 44.8 Å². The van der Waals surface area contributed by atoms with Gasteiger partial charge in [-0.3, -0.25) is 4.55 Å². The van der Waals surface area contributed by atoms with Gasteiger partial charge >= 0.3 is 12.0 Å². The van der Waals surface area contributed by atoms with Crippen LogP contribution >= 0.6 is 12.0 Å². The second-order valence-corrected chi connectivity index (χ2v) is 10.5. The van der Waals surface area contributed by atoms with Gasteiger partial charge in [0.1, 0.15) is 16.3 Å². The van der Waals surface area contributed by atoms with Crippen LogP contribution in [0.5, 0.6) is 17.8 Å². The lowest BCUT2D eigenvalue weighted by atomic mass is 10.0. The molecule has 0 aliphatic heterocycles. The van der Waals surface area contributed by atoms with Crippen LogP contribution in [0.1, 0.15) is 0 Å². The fourth-order valence-electron chi connectivity index (χ4n) is 3.78. The molecule has 0 fully saturated rings. The average molecular weight is 624 g/mol. The van der Waals surface area contributed by atoms with Crippen LogP contribution in [0.2, 0.25) is 0 Å². The van der Waals surface area contributed by atoms with Crippen LogP contribution in [-0.2, 0) is 19.5 Å². The predicted octanol–water partition coefficient (Wildman–Crippen LogP) is 6.31. The zero-order chi connectivity index (χ0) is 30.6. The van der Waals surface area contributed by atoms with Crippen molar-refractivity contribution in [3.8, 4) is 29.2 Å². The van der Waals surface area contributed by atoms with Crippen molar-refractivity contribution in [2.75, 3.05) is 0 Å². The number of phenols is 1. The van der Waals surface area contributed by atoms with Crippen LogP contribution in [0.3, 0.4) is 0 Å². The molecular formula is C25H17N7O9S2. The number of azo groups is 2. The predicted molar refractivity (Wildman–Crippen MR) is 149 cm³/mol. The summed E-state index contributed by atoms with van der Waals surface area (Å²) in [4.78, 5) is 10.9. The van der Waals surface area contributed by atoms with Gasteiger partial charge in [-0.1, -0.05) is 29.3 Å². The number of hydrogen-bond acceptors (Lipinski definition) is 16. The smallest absolute Gasteiger partial charge is 0.320 e. The Kier molecular flexibility index (Phi) is 8.48. The van der Waals surface area contributed by atoms with Crippen LogP contribution in [-0.4, -0.2) is 48.5 Å². The molecule has 218 valence electrons. The third-order valence-electron chi connectivity index (χ3n) is 5.61. The molecule has 0 bridgehead atoms. The van der Waals surface area contributed by atoms with Crippen molar-refractivity contribution in [1.82, 2.24) is 15.0 Å². The fourth-order valence-corrected chi connectivity index (χ4v) is 4.78. The Bertz CT molecular complexity index is 1970. The van der Waals surface area contributed by atoms with Crippen LogP contribution in [0.15, 0.2) is 103 Å². The first-order valence-corrected chi connectivity index (χ1v) is 13.9. The highest BCUT2D eigenvalue weighted by Gasteiger charge is 2.19. The molecule has 0 radical (unpaired) electrons. The lowest BCUT2D eigenvalue weighted by molar-refractivity contribution is -0.432. The zero-order valence-electron chi connectivity index (χ0n) is 21.2. The van der Waals surface area contributed by atoms with Crippen molar-refractivity contribution in [3.63, 3.8) is 0 Å². The number of rotatable bonds is 9. The van der Waals surface area contributed by atoms with Crippen LogP contribution in [0.4, 0.5) is 22.7 Å². The molecule has 0 aliphatic carbocycles. The molecule has 4 aromatic carbocycles. The lowest BCUT2D eigenvalue weighted by Crippen LogP contribution is -1.98. The Labute approximate surface area is 245 Å². The van der Waals surface area contributed by atoms with Crippen molar-refractivity contribution in [1.29, 1.82) is 0 Å². The summed E-state index contributed by atoms with van der Waals surface area (Å²) in [6.07, 6.45) is 0. The summed E-state index contributed by atoms with van der Waals surface area (Å²) in [5, 5.41) is 58.8. The summed E-state index contributed by atoms with van der Waals surface area (Å²) < 4.78 is 38.6. The second-order valence-electron chi connectivity index (χ2n) is 8.34. The van der Waals surface area contributed by atoms with Crippen molar-refractivity contribution < 1.29 is 42.9 Å². The van der Waals surface area contributed by atoms with E-state index in [0.29, 0.717) is 21.4 Å². The molecule has 0 saturated heterocycles. The Morgan fingerprint density at radius 3 is 2.02 bits per heavy atom. The fraction of sp³-hybridized carbons (Fsp3) is 0. The second kappa shape index (κ2) is 12.4. The molecule has 1 aromatic heterocycles. The van der Waals surface area contributed by atoms with Gasteiger partial charge in [0, 0.05) is 15.8 Å². The third kappa shape index (κ3) is 6.86. The van der Waals surface area contributed by atoms with E-state index in [9.17, 15) is 28.3 Å². The summed E-state index contributed by atoms with van der Waals surface area (Å²) in [5.41, 5.74) is 0.275. The first-order chi connectivity index (χ1) is 20.6. The van der Waals surface area contributed by atoms with E-state index in [1.165, 1.54) is 18.2 Å². The van der Waals surface area contributed by atoms with Crippen molar-refractivity contribution in [2.45, 2.75) is 9.79 Å². The SMILES string of the molecule is O=S(=O)(O)c1cc(/N=N/c2ccc(SOOO)cc2)ccc1/N=N/c1cc(-c2nc(O)nc(O)n2)c2ccccc2c1O. The Morgan fingerprint density at radius 1 is 0.721 bits per heavy atom. The summed E-state index contributed by atoms with van der Waals surface area (Å²) >= 11 is 0.752. The highest BCUT2D eigenvalue weighted by molar-refractivity contribution is 7.94. The maximum Gasteiger partial charge on any atom is 0.320 e. The minimum atomic E-state index is -4.81. The topological polar surface area (TPSA) is 242 Å². The van der Waals surface area contributed by atoms with Crippen LogP contribution < -0.4 is 0 Å². The molecule has 5 rings (SSSR count). The van der Waals surface area contributed by atoms with Gasteiger partial charge in [0.05, 0.1) is 23.4 Å². The van der Waals surface area contributed by atoms with Crippen molar-refractivity contribution >= 4 is 55.7 Å². The molecule has 0 amide bonds.